The molecule has 4 heteroatoms. The van der Waals surface area contributed by atoms with Gasteiger partial charge in [-0.05, 0) is 24.3 Å². The summed E-state index contributed by atoms with van der Waals surface area (Å²) in [5, 5.41) is 9.08. The maximum absolute atomic E-state index is 9.08. The van der Waals surface area contributed by atoms with Crippen LogP contribution in [-0.2, 0) is 5.75 Å². The molecule has 0 spiro atoms. The minimum atomic E-state index is 0.298. The number of thioether (sulfide) groups is 1. The first-order chi connectivity index (χ1) is 6.84. The van der Waals surface area contributed by atoms with Gasteiger partial charge in [0.1, 0.15) is 11.6 Å². The Morgan fingerprint density at radius 1 is 1.29 bits per heavy atom. The fourth-order valence-electron chi connectivity index (χ4n) is 1.07. The van der Waals surface area contributed by atoms with E-state index in [0.717, 1.165) is 16.5 Å². The SMILES string of the molecule is Oc1ccc(SCc2ncc[nH]2)cc1. The Balaban J connectivity index is 1.95. The van der Waals surface area contributed by atoms with Gasteiger partial charge in [0.15, 0.2) is 0 Å². The first kappa shape index (κ1) is 9.15. The van der Waals surface area contributed by atoms with Gasteiger partial charge >= 0.3 is 0 Å². The fraction of sp³-hybridized carbons (Fsp3) is 0.100. The number of aromatic amines is 1. The molecule has 1 aromatic heterocycles. The highest BCUT2D eigenvalue weighted by molar-refractivity contribution is 7.98. The summed E-state index contributed by atoms with van der Waals surface area (Å²) in [6.45, 7) is 0. The molecule has 1 aromatic carbocycles. The first-order valence-corrected chi connectivity index (χ1v) is 5.23. The maximum atomic E-state index is 9.08. The van der Waals surface area contributed by atoms with Gasteiger partial charge in [-0.3, -0.25) is 0 Å². The van der Waals surface area contributed by atoms with E-state index in [1.807, 2.05) is 18.3 Å². The molecule has 0 aliphatic heterocycles. The van der Waals surface area contributed by atoms with E-state index in [0.29, 0.717) is 5.75 Å². The number of aromatic nitrogens is 2. The Morgan fingerprint density at radius 3 is 2.71 bits per heavy atom. The maximum Gasteiger partial charge on any atom is 0.116 e. The van der Waals surface area contributed by atoms with Crippen LogP contribution in [0.4, 0.5) is 0 Å². The summed E-state index contributed by atoms with van der Waals surface area (Å²) in [5.74, 6) is 2.08. The van der Waals surface area contributed by atoms with Crippen molar-refractivity contribution in [1.82, 2.24) is 9.97 Å². The van der Waals surface area contributed by atoms with Crippen LogP contribution in [0.3, 0.4) is 0 Å². The summed E-state index contributed by atoms with van der Waals surface area (Å²) in [6, 6.07) is 7.15. The van der Waals surface area contributed by atoms with Crippen LogP contribution in [0.5, 0.6) is 5.75 Å². The van der Waals surface area contributed by atoms with Crippen molar-refractivity contribution < 1.29 is 5.11 Å². The van der Waals surface area contributed by atoms with Gasteiger partial charge in [-0.15, -0.1) is 11.8 Å². The van der Waals surface area contributed by atoms with Gasteiger partial charge in [-0.2, -0.15) is 0 Å². The van der Waals surface area contributed by atoms with Crippen LogP contribution in [0, 0.1) is 0 Å². The van der Waals surface area contributed by atoms with Crippen molar-refractivity contribution >= 4 is 11.8 Å². The van der Waals surface area contributed by atoms with Crippen LogP contribution >= 0.6 is 11.8 Å². The summed E-state index contributed by atoms with van der Waals surface area (Å²) < 4.78 is 0. The lowest BCUT2D eigenvalue weighted by molar-refractivity contribution is 0.475. The minimum absolute atomic E-state index is 0.298. The number of nitrogens with zero attached hydrogens (tertiary/aromatic N) is 1. The number of imidazole rings is 1. The number of rotatable bonds is 3. The highest BCUT2D eigenvalue weighted by Crippen LogP contribution is 2.22. The molecule has 0 saturated heterocycles. The number of phenolic OH excluding ortho intramolecular Hbond substituents is 1. The second-order valence-corrected chi connectivity index (χ2v) is 3.87. The van der Waals surface area contributed by atoms with E-state index in [-0.39, 0.29) is 0 Å². The van der Waals surface area contributed by atoms with Crippen LogP contribution in [0.2, 0.25) is 0 Å². The number of nitrogens with one attached hydrogen (secondary N) is 1. The van der Waals surface area contributed by atoms with Crippen molar-refractivity contribution in [1.29, 1.82) is 0 Å². The predicted molar refractivity (Wildman–Crippen MR) is 56.3 cm³/mol. The molecule has 14 heavy (non-hydrogen) atoms. The molecule has 2 rings (SSSR count). The van der Waals surface area contributed by atoms with Crippen molar-refractivity contribution in [3.8, 4) is 5.75 Å². The number of hydrogen-bond donors (Lipinski definition) is 2. The van der Waals surface area contributed by atoms with Gasteiger partial charge in [-0.1, -0.05) is 0 Å². The molecule has 0 saturated carbocycles. The summed E-state index contributed by atoms with van der Waals surface area (Å²) in [5.41, 5.74) is 0. The Morgan fingerprint density at radius 2 is 2.07 bits per heavy atom. The standard InChI is InChI=1S/C10H10N2OS/c13-8-1-3-9(4-2-8)14-7-10-11-5-6-12-10/h1-6,13H,7H2,(H,11,12). The molecular weight excluding hydrogens is 196 g/mol. The lowest BCUT2D eigenvalue weighted by Crippen LogP contribution is -1.82. The lowest BCUT2D eigenvalue weighted by atomic mass is 10.3. The highest BCUT2D eigenvalue weighted by atomic mass is 32.2. The van der Waals surface area contributed by atoms with E-state index < -0.39 is 0 Å². The average Bonchev–Trinajstić information content (AvgIpc) is 2.70. The molecule has 0 aliphatic carbocycles. The Labute approximate surface area is 86.2 Å². The van der Waals surface area contributed by atoms with Crippen molar-refractivity contribution in [2.75, 3.05) is 0 Å². The number of hydrogen-bond acceptors (Lipinski definition) is 3. The van der Waals surface area contributed by atoms with Crippen LogP contribution in [-0.4, -0.2) is 15.1 Å². The van der Waals surface area contributed by atoms with Crippen LogP contribution in [0.15, 0.2) is 41.6 Å². The van der Waals surface area contributed by atoms with Crippen LogP contribution < -0.4 is 0 Å². The number of H-pyrrole nitrogens is 1. The minimum Gasteiger partial charge on any atom is -0.508 e. The molecule has 2 aromatic rings. The second kappa shape index (κ2) is 4.19. The van der Waals surface area contributed by atoms with Crippen molar-refractivity contribution in [2.24, 2.45) is 0 Å². The lowest BCUT2D eigenvalue weighted by Gasteiger charge is -1.99. The Kier molecular flexibility index (Phi) is 2.74. The summed E-state index contributed by atoms with van der Waals surface area (Å²) in [6.07, 6.45) is 3.55. The molecule has 1 heterocycles. The van der Waals surface area contributed by atoms with Gasteiger partial charge < -0.3 is 10.1 Å². The summed E-state index contributed by atoms with van der Waals surface area (Å²) >= 11 is 1.68. The molecule has 0 atom stereocenters. The highest BCUT2D eigenvalue weighted by Gasteiger charge is 1.97. The van der Waals surface area contributed by atoms with Gasteiger partial charge in [0, 0.05) is 17.3 Å². The molecule has 3 nitrogen and oxygen atoms in total. The third kappa shape index (κ3) is 2.29. The Bertz CT molecular complexity index is 383. The van der Waals surface area contributed by atoms with Crippen molar-refractivity contribution in [2.45, 2.75) is 10.6 Å². The van der Waals surface area contributed by atoms with Gasteiger partial charge in [0.25, 0.3) is 0 Å². The number of aromatic hydroxyl groups is 1. The molecule has 0 fully saturated rings. The predicted octanol–water partition coefficient (Wildman–Crippen LogP) is 2.41. The molecule has 0 aliphatic rings. The molecular formula is C10H10N2OS. The van der Waals surface area contributed by atoms with E-state index in [1.165, 1.54) is 0 Å². The third-order valence-electron chi connectivity index (χ3n) is 1.77. The zero-order valence-corrected chi connectivity index (χ0v) is 8.29. The van der Waals surface area contributed by atoms with Crippen molar-refractivity contribution in [3.05, 3.63) is 42.5 Å². The van der Waals surface area contributed by atoms with E-state index in [9.17, 15) is 0 Å². The Hall–Kier alpha value is -1.42. The van der Waals surface area contributed by atoms with Crippen LogP contribution in [0.1, 0.15) is 5.82 Å². The smallest absolute Gasteiger partial charge is 0.116 e. The number of benzene rings is 1. The average molecular weight is 206 g/mol. The van der Waals surface area contributed by atoms with Crippen LogP contribution in [0.25, 0.3) is 0 Å². The molecule has 0 radical (unpaired) electrons. The molecule has 0 amide bonds. The topological polar surface area (TPSA) is 48.9 Å². The molecule has 0 unspecified atom stereocenters. The van der Waals surface area contributed by atoms with Gasteiger partial charge in [0.2, 0.25) is 0 Å². The monoisotopic (exact) mass is 206 g/mol. The fourth-order valence-corrected chi connectivity index (χ4v) is 1.86. The van der Waals surface area contributed by atoms with Gasteiger partial charge in [-0.25, -0.2) is 4.98 Å². The molecule has 0 bridgehead atoms. The van der Waals surface area contributed by atoms with Gasteiger partial charge in [0.05, 0.1) is 5.75 Å². The second-order valence-electron chi connectivity index (χ2n) is 2.82. The summed E-state index contributed by atoms with van der Waals surface area (Å²) in [4.78, 5) is 8.28. The molecule has 72 valence electrons. The summed E-state index contributed by atoms with van der Waals surface area (Å²) in [7, 11) is 0. The van der Waals surface area contributed by atoms with Crippen molar-refractivity contribution in [3.63, 3.8) is 0 Å². The number of phenols is 1. The zero-order chi connectivity index (χ0) is 9.80. The molecule has 2 N–H and O–H groups in total. The van der Waals surface area contributed by atoms with E-state index >= 15 is 0 Å². The zero-order valence-electron chi connectivity index (χ0n) is 7.47. The first-order valence-electron chi connectivity index (χ1n) is 4.25. The van der Waals surface area contributed by atoms with E-state index in [1.54, 1.807) is 30.1 Å². The quantitative estimate of drug-likeness (QED) is 0.758. The van der Waals surface area contributed by atoms with E-state index in [2.05, 4.69) is 9.97 Å². The normalized spacial score (nSPS) is 10.3. The largest absolute Gasteiger partial charge is 0.508 e. The van der Waals surface area contributed by atoms with E-state index in [4.69, 9.17) is 5.11 Å². The third-order valence-corrected chi connectivity index (χ3v) is 2.79.